The first-order chi connectivity index (χ1) is 9.52. The zero-order valence-corrected chi connectivity index (χ0v) is 13.1. The van der Waals surface area contributed by atoms with Crippen LogP contribution in [0.2, 0.25) is 0 Å². The predicted molar refractivity (Wildman–Crippen MR) is 86.0 cm³/mol. The molecular formula is C14H16N2O2S2. The van der Waals surface area contributed by atoms with Gasteiger partial charge in [0.15, 0.2) is 0 Å². The number of benzene rings is 1. The second-order valence-corrected chi connectivity index (χ2v) is 6.15. The molecule has 6 heteroatoms. The summed E-state index contributed by atoms with van der Waals surface area (Å²) in [7, 11) is 0. The van der Waals surface area contributed by atoms with Crippen LogP contribution in [-0.4, -0.2) is 33.3 Å². The van der Waals surface area contributed by atoms with Crippen LogP contribution in [0.4, 0.5) is 5.69 Å². The van der Waals surface area contributed by atoms with Gasteiger partial charge in [-0.25, -0.2) is 0 Å². The molecule has 0 radical (unpaired) electrons. The second-order valence-electron chi connectivity index (χ2n) is 4.55. The van der Waals surface area contributed by atoms with Gasteiger partial charge in [0.05, 0.1) is 5.75 Å². The number of carbonyl (C=O) groups excluding carboxylic acids is 2. The first-order valence-corrected chi connectivity index (χ1v) is 7.77. The highest BCUT2D eigenvalue weighted by Crippen LogP contribution is 2.22. The van der Waals surface area contributed by atoms with Crippen molar-refractivity contribution in [2.24, 2.45) is 0 Å². The third-order valence-corrected chi connectivity index (χ3v) is 4.58. The number of nitrogens with zero attached hydrogens (tertiary/aromatic N) is 1. The van der Waals surface area contributed by atoms with Gasteiger partial charge >= 0.3 is 0 Å². The molecule has 1 aliphatic heterocycles. The Labute approximate surface area is 127 Å². The molecular weight excluding hydrogens is 292 g/mol. The van der Waals surface area contributed by atoms with Gasteiger partial charge in [-0.2, -0.15) is 0 Å². The predicted octanol–water partition coefficient (Wildman–Crippen LogP) is 2.36. The summed E-state index contributed by atoms with van der Waals surface area (Å²) in [5.74, 6) is 0.0132. The van der Waals surface area contributed by atoms with Crippen molar-refractivity contribution >= 4 is 45.8 Å². The number of para-hydroxylation sites is 1. The summed E-state index contributed by atoms with van der Waals surface area (Å²) in [4.78, 5) is 25.1. The monoisotopic (exact) mass is 308 g/mol. The van der Waals surface area contributed by atoms with E-state index in [4.69, 9.17) is 12.2 Å². The molecule has 0 bridgehead atoms. The van der Waals surface area contributed by atoms with Crippen molar-refractivity contribution in [2.45, 2.75) is 20.3 Å². The van der Waals surface area contributed by atoms with E-state index in [1.165, 1.54) is 16.7 Å². The zero-order valence-electron chi connectivity index (χ0n) is 11.4. The van der Waals surface area contributed by atoms with E-state index in [9.17, 15) is 9.59 Å². The van der Waals surface area contributed by atoms with E-state index in [1.807, 2.05) is 32.0 Å². The number of rotatable bonds is 4. The molecule has 0 spiro atoms. The van der Waals surface area contributed by atoms with E-state index in [-0.39, 0.29) is 18.4 Å². The molecule has 20 heavy (non-hydrogen) atoms. The number of hydrogen-bond acceptors (Lipinski definition) is 4. The average Bonchev–Trinajstić information content (AvgIpc) is 2.73. The van der Waals surface area contributed by atoms with Crippen LogP contribution in [0.15, 0.2) is 18.2 Å². The Morgan fingerprint density at radius 1 is 1.50 bits per heavy atom. The highest BCUT2D eigenvalue weighted by atomic mass is 32.2. The molecule has 1 saturated heterocycles. The van der Waals surface area contributed by atoms with Crippen molar-refractivity contribution in [2.75, 3.05) is 17.6 Å². The minimum atomic E-state index is -0.216. The largest absolute Gasteiger partial charge is 0.324 e. The molecule has 0 saturated carbocycles. The van der Waals surface area contributed by atoms with Crippen LogP contribution in [-0.2, 0) is 16.0 Å². The summed E-state index contributed by atoms with van der Waals surface area (Å²) in [6.45, 7) is 3.98. The van der Waals surface area contributed by atoms with Gasteiger partial charge in [-0.3, -0.25) is 14.5 Å². The number of carbonyl (C=O) groups is 2. The van der Waals surface area contributed by atoms with Crippen molar-refractivity contribution in [3.63, 3.8) is 0 Å². The molecule has 1 aromatic carbocycles. The molecule has 1 fully saturated rings. The van der Waals surface area contributed by atoms with E-state index in [0.29, 0.717) is 10.1 Å². The fourth-order valence-corrected chi connectivity index (χ4v) is 3.13. The number of anilines is 1. The van der Waals surface area contributed by atoms with Crippen molar-refractivity contribution in [3.8, 4) is 0 Å². The van der Waals surface area contributed by atoms with Crippen LogP contribution in [0.5, 0.6) is 0 Å². The molecule has 1 N–H and O–H groups in total. The highest BCUT2D eigenvalue weighted by molar-refractivity contribution is 8.23. The van der Waals surface area contributed by atoms with Crippen LogP contribution in [0.1, 0.15) is 18.1 Å². The average molecular weight is 308 g/mol. The summed E-state index contributed by atoms with van der Waals surface area (Å²) in [5, 5.41) is 2.90. The maximum Gasteiger partial charge on any atom is 0.244 e. The maximum atomic E-state index is 12.1. The second kappa shape index (κ2) is 6.37. The fraction of sp³-hybridized carbons (Fsp3) is 0.357. The summed E-state index contributed by atoms with van der Waals surface area (Å²) < 4.78 is 0.477. The van der Waals surface area contributed by atoms with Crippen molar-refractivity contribution in [1.82, 2.24) is 4.90 Å². The van der Waals surface area contributed by atoms with Gasteiger partial charge in [0.1, 0.15) is 10.9 Å². The highest BCUT2D eigenvalue weighted by Gasteiger charge is 2.28. The minimum absolute atomic E-state index is 0.0118. The standard InChI is InChI=1S/C14H16N2O2S2/c1-3-10-6-4-5-9(2)13(10)15-11(17)7-16-12(18)8-20-14(16)19/h4-6H,3,7-8H2,1-2H3,(H,15,17). The minimum Gasteiger partial charge on any atom is -0.324 e. The van der Waals surface area contributed by atoms with Crippen LogP contribution >= 0.6 is 24.0 Å². The Bertz CT molecular complexity index is 556. The van der Waals surface area contributed by atoms with Gasteiger partial charge in [-0.1, -0.05) is 49.1 Å². The van der Waals surface area contributed by atoms with Gasteiger partial charge in [0.2, 0.25) is 11.8 Å². The van der Waals surface area contributed by atoms with Crippen LogP contribution < -0.4 is 5.32 Å². The summed E-state index contributed by atoms with van der Waals surface area (Å²) >= 11 is 6.36. The topological polar surface area (TPSA) is 49.4 Å². The number of thiocarbonyl (C=S) groups is 1. The Hall–Kier alpha value is -1.40. The zero-order chi connectivity index (χ0) is 14.7. The summed E-state index contributed by atoms with van der Waals surface area (Å²) in [6, 6.07) is 5.92. The Balaban J connectivity index is 2.09. The van der Waals surface area contributed by atoms with E-state index >= 15 is 0 Å². The van der Waals surface area contributed by atoms with Gasteiger partial charge in [-0.05, 0) is 24.5 Å². The van der Waals surface area contributed by atoms with E-state index < -0.39 is 0 Å². The number of thioether (sulfide) groups is 1. The van der Waals surface area contributed by atoms with Crippen molar-refractivity contribution in [1.29, 1.82) is 0 Å². The molecule has 2 amide bonds. The SMILES string of the molecule is CCc1cccc(C)c1NC(=O)CN1C(=O)CSC1=S. The Kier molecular flexibility index (Phi) is 4.77. The van der Waals surface area contributed by atoms with Gasteiger partial charge in [-0.15, -0.1) is 0 Å². The lowest BCUT2D eigenvalue weighted by Gasteiger charge is -2.17. The van der Waals surface area contributed by atoms with Crippen LogP contribution in [0, 0.1) is 6.92 Å². The summed E-state index contributed by atoms with van der Waals surface area (Å²) in [6.07, 6.45) is 0.841. The molecule has 0 aromatic heterocycles. The molecule has 1 heterocycles. The molecule has 2 rings (SSSR count). The van der Waals surface area contributed by atoms with Gasteiger partial charge in [0.25, 0.3) is 0 Å². The van der Waals surface area contributed by atoms with Crippen LogP contribution in [0.25, 0.3) is 0 Å². The van der Waals surface area contributed by atoms with E-state index in [0.717, 1.165) is 23.2 Å². The number of aryl methyl sites for hydroxylation is 2. The third-order valence-electron chi connectivity index (χ3n) is 3.15. The van der Waals surface area contributed by atoms with Crippen LogP contribution in [0.3, 0.4) is 0 Å². The normalized spacial score (nSPS) is 14.8. The first-order valence-electron chi connectivity index (χ1n) is 6.38. The summed E-state index contributed by atoms with van der Waals surface area (Å²) in [5.41, 5.74) is 2.94. The first kappa shape index (κ1) is 15.0. The van der Waals surface area contributed by atoms with Gasteiger partial charge in [0, 0.05) is 5.69 Å². The van der Waals surface area contributed by atoms with Crippen molar-refractivity contribution in [3.05, 3.63) is 29.3 Å². The molecule has 0 atom stereocenters. The lowest BCUT2D eigenvalue weighted by Crippen LogP contribution is -2.36. The van der Waals surface area contributed by atoms with E-state index in [2.05, 4.69) is 5.32 Å². The number of amides is 2. The Morgan fingerprint density at radius 3 is 2.85 bits per heavy atom. The molecule has 1 aliphatic rings. The Morgan fingerprint density at radius 2 is 2.25 bits per heavy atom. The lowest BCUT2D eigenvalue weighted by molar-refractivity contribution is -0.127. The molecule has 4 nitrogen and oxygen atoms in total. The molecule has 0 unspecified atom stereocenters. The lowest BCUT2D eigenvalue weighted by atomic mass is 10.1. The van der Waals surface area contributed by atoms with Crippen molar-refractivity contribution < 1.29 is 9.59 Å². The molecule has 1 aromatic rings. The smallest absolute Gasteiger partial charge is 0.244 e. The number of hydrogen-bond donors (Lipinski definition) is 1. The molecule has 0 aliphatic carbocycles. The fourth-order valence-electron chi connectivity index (χ4n) is 2.06. The maximum absolute atomic E-state index is 12.1. The van der Waals surface area contributed by atoms with Gasteiger partial charge < -0.3 is 5.32 Å². The third kappa shape index (κ3) is 3.19. The quantitative estimate of drug-likeness (QED) is 0.868. The molecule has 106 valence electrons. The van der Waals surface area contributed by atoms with E-state index in [1.54, 1.807) is 0 Å². The number of nitrogens with one attached hydrogen (secondary N) is 1.